The van der Waals surface area contributed by atoms with Crippen molar-refractivity contribution in [1.82, 2.24) is 0 Å². The minimum absolute atomic E-state index is 0.823. The Bertz CT molecular complexity index is 211. The molecule has 0 spiro atoms. The molecule has 0 aromatic heterocycles. The van der Waals surface area contributed by atoms with Crippen LogP contribution in [0.1, 0.15) is 71.1 Å². The highest BCUT2D eigenvalue weighted by atomic mass is 14.6. The lowest BCUT2D eigenvalue weighted by atomic mass is 9.50. The highest BCUT2D eigenvalue weighted by Crippen LogP contribution is 2.69. The molecule has 80 valence electrons. The monoisotopic (exact) mass is 192 g/mol. The first-order valence-corrected chi connectivity index (χ1v) is 6.79. The second-order valence-corrected chi connectivity index (χ2v) is 6.29. The molecule has 0 aromatic carbocycles. The predicted molar refractivity (Wildman–Crippen MR) is 60.2 cm³/mol. The van der Waals surface area contributed by atoms with E-state index in [2.05, 4.69) is 6.92 Å². The van der Waals surface area contributed by atoms with Crippen LogP contribution in [0, 0.1) is 16.7 Å². The van der Waals surface area contributed by atoms with Gasteiger partial charge in [-0.2, -0.15) is 0 Å². The summed E-state index contributed by atoms with van der Waals surface area (Å²) in [5, 5.41) is 0. The van der Waals surface area contributed by atoms with Crippen LogP contribution < -0.4 is 0 Å². The molecule has 1 atom stereocenters. The first-order valence-electron chi connectivity index (χ1n) is 6.79. The summed E-state index contributed by atoms with van der Waals surface area (Å²) in [6, 6.07) is 0. The molecular formula is C14H24. The van der Waals surface area contributed by atoms with Gasteiger partial charge in [0.15, 0.2) is 0 Å². The third kappa shape index (κ3) is 0.955. The lowest BCUT2D eigenvalue weighted by molar-refractivity contribution is -0.0505. The molecule has 0 saturated heterocycles. The largest absolute Gasteiger partial charge is 0.0620 e. The lowest BCUT2D eigenvalue weighted by Gasteiger charge is -2.55. The molecule has 3 fully saturated rings. The van der Waals surface area contributed by atoms with Gasteiger partial charge in [0.05, 0.1) is 0 Å². The normalized spacial score (nSPS) is 52.5. The fourth-order valence-electron chi connectivity index (χ4n) is 5.37. The minimum Gasteiger partial charge on any atom is -0.0620 e. The Hall–Kier alpha value is 0. The first-order chi connectivity index (χ1) is 6.79. The van der Waals surface area contributed by atoms with Crippen LogP contribution in [0.25, 0.3) is 0 Å². The van der Waals surface area contributed by atoms with Gasteiger partial charge in [0.1, 0.15) is 0 Å². The smallest absolute Gasteiger partial charge is 0.0215 e. The van der Waals surface area contributed by atoms with Crippen LogP contribution in [-0.4, -0.2) is 0 Å². The molecule has 1 unspecified atom stereocenters. The highest BCUT2D eigenvalue weighted by molar-refractivity contribution is 5.09. The Balaban J connectivity index is 2.00. The standard InChI is InChI=1S/C14H24/c1-12-6-11-13-7-2-4-9-14(12,13)10-5-3-8-13/h12H,2-11H2,1H3. The van der Waals surface area contributed by atoms with Gasteiger partial charge in [-0.3, -0.25) is 0 Å². The van der Waals surface area contributed by atoms with E-state index in [1.54, 1.807) is 38.5 Å². The molecule has 3 aliphatic carbocycles. The Kier molecular flexibility index (Phi) is 1.98. The van der Waals surface area contributed by atoms with Crippen molar-refractivity contribution in [2.45, 2.75) is 71.1 Å². The summed E-state index contributed by atoms with van der Waals surface area (Å²) in [5.74, 6) is 1.04. The molecule has 0 bridgehead atoms. The van der Waals surface area contributed by atoms with Gasteiger partial charge in [0, 0.05) is 0 Å². The van der Waals surface area contributed by atoms with Crippen LogP contribution in [0.3, 0.4) is 0 Å². The number of hydrogen-bond acceptors (Lipinski definition) is 0. The molecular weight excluding hydrogens is 168 g/mol. The van der Waals surface area contributed by atoms with Crippen LogP contribution in [-0.2, 0) is 0 Å². The maximum Gasteiger partial charge on any atom is -0.0215 e. The van der Waals surface area contributed by atoms with Gasteiger partial charge >= 0.3 is 0 Å². The molecule has 0 heteroatoms. The maximum absolute atomic E-state index is 2.55. The number of hydrogen-bond donors (Lipinski definition) is 0. The van der Waals surface area contributed by atoms with Gasteiger partial charge in [-0.15, -0.1) is 0 Å². The summed E-state index contributed by atoms with van der Waals surface area (Å²) >= 11 is 0. The van der Waals surface area contributed by atoms with Gasteiger partial charge in [-0.05, 0) is 55.3 Å². The van der Waals surface area contributed by atoms with Gasteiger partial charge < -0.3 is 0 Å². The Morgan fingerprint density at radius 2 is 1.36 bits per heavy atom. The lowest BCUT2D eigenvalue weighted by Crippen LogP contribution is -2.45. The summed E-state index contributed by atoms with van der Waals surface area (Å²) in [4.78, 5) is 0. The molecule has 0 amide bonds. The maximum atomic E-state index is 2.55. The Morgan fingerprint density at radius 1 is 0.786 bits per heavy atom. The molecule has 0 nitrogen and oxygen atoms in total. The van der Waals surface area contributed by atoms with Crippen molar-refractivity contribution in [2.75, 3.05) is 0 Å². The Morgan fingerprint density at radius 3 is 1.93 bits per heavy atom. The van der Waals surface area contributed by atoms with Crippen molar-refractivity contribution < 1.29 is 0 Å². The molecule has 0 heterocycles. The van der Waals surface area contributed by atoms with Gasteiger partial charge in [0.2, 0.25) is 0 Å². The molecule has 14 heavy (non-hydrogen) atoms. The minimum atomic E-state index is 0.823. The Labute approximate surface area is 88.5 Å². The summed E-state index contributed by atoms with van der Waals surface area (Å²) in [6.45, 7) is 2.55. The topological polar surface area (TPSA) is 0 Å². The van der Waals surface area contributed by atoms with E-state index in [-0.39, 0.29) is 0 Å². The van der Waals surface area contributed by atoms with Crippen molar-refractivity contribution in [3.05, 3.63) is 0 Å². The summed E-state index contributed by atoms with van der Waals surface area (Å²) in [5.41, 5.74) is 1.66. The highest BCUT2D eigenvalue weighted by Gasteiger charge is 2.59. The third-order valence-corrected chi connectivity index (χ3v) is 6.11. The van der Waals surface area contributed by atoms with Gasteiger partial charge in [0.25, 0.3) is 0 Å². The van der Waals surface area contributed by atoms with E-state index in [4.69, 9.17) is 0 Å². The molecule has 3 aliphatic rings. The van der Waals surface area contributed by atoms with Crippen molar-refractivity contribution in [2.24, 2.45) is 16.7 Å². The summed E-state index contributed by atoms with van der Waals surface area (Å²) in [6.07, 6.45) is 15.6. The van der Waals surface area contributed by atoms with E-state index in [9.17, 15) is 0 Å². The van der Waals surface area contributed by atoms with E-state index in [1.807, 2.05) is 0 Å². The number of rotatable bonds is 0. The summed E-state index contributed by atoms with van der Waals surface area (Å²) in [7, 11) is 0. The molecule has 0 aliphatic heterocycles. The SMILES string of the molecule is CC1CCC23CCCCC12CCCC3. The van der Waals surface area contributed by atoms with Crippen molar-refractivity contribution in [3.63, 3.8) is 0 Å². The van der Waals surface area contributed by atoms with E-state index in [1.165, 1.54) is 25.7 Å². The van der Waals surface area contributed by atoms with Crippen molar-refractivity contribution in [3.8, 4) is 0 Å². The molecule has 3 saturated carbocycles. The van der Waals surface area contributed by atoms with Crippen LogP contribution in [0.5, 0.6) is 0 Å². The van der Waals surface area contributed by atoms with Crippen molar-refractivity contribution in [1.29, 1.82) is 0 Å². The van der Waals surface area contributed by atoms with E-state index in [0.717, 1.165) is 16.7 Å². The van der Waals surface area contributed by atoms with Gasteiger partial charge in [-0.25, -0.2) is 0 Å². The van der Waals surface area contributed by atoms with Crippen LogP contribution in [0.4, 0.5) is 0 Å². The van der Waals surface area contributed by atoms with Gasteiger partial charge in [-0.1, -0.05) is 32.6 Å². The van der Waals surface area contributed by atoms with E-state index < -0.39 is 0 Å². The third-order valence-electron chi connectivity index (χ3n) is 6.11. The zero-order chi connectivity index (χ0) is 9.65. The zero-order valence-electron chi connectivity index (χ0n) is 9.65. The second-order valence-electron chi connectivity index (χ2n) is 6.29. The average Bonchev–Trinajstić information content (AvgIpc) is 2.54. The molecule has 0 radical (unpaired) electrons. The molecule has 0 aromatic rings. The van der Waals surface area contributed by atoms with E-state index >= 15 is 0 Å². The molecule has 3 rings (SSSR count). The van der Waals surface area contributed by atoms with Crippen LogP contribution in [0.2, 0.25) is 0 Å². The van der Waals surface area contributed by atoms with Crippen molar-refractivity contribution >= 4 is 0 Å². The average molecular weight is 192 g/mol. The first kappa shape index (κ1) is 9.24. The predicted octanol–water partition coefficient (Wildman–Crippen LogP) is 4.54. The van der Waals surface area contributed by atoms with E-state index in [0.29, 0.717) is 0 Å². The fraction of sp³-hybridized carbons (Fsp3) is 1.00. The van der Waals surface area contributed by atoms with Crippen LogP contribution >= 0.6 is 0 Å². The summed E-state index contributed by atoms with van der Waals surface area (Å²) < 4.78 is 0. The zero-order valence-corrected chi connectivity index (χ0v) is 9.65. The van der Waals surface area contributed by atoms with Crippen LogP contribution in [0.15, 0.2) is 0 Å². The second kappa shape index (κ2) is 3.00. The fourth-order valence-corrected chi connectivity index (χ4v) is 5.37. The quantitative estimate of drug-likeness (QED) is 0.528. The molecule has 0 N–H and O–H groups in total.